The summed E-state index contributed by atoms with van der Waals surface area (Å²) in [6.07, 6.45) is -0.0209. The van der Waals surface area contributed by atoms with E-state index in [9.17, 15) is 18.0 Å². The van der Waals surface area contributed by atoms with Crippen molar-refractivity contribution >= 4 is 5.91 Å². The van der Waals surface area contributed by atoms with Crippen molar-refractivity contribution in [2.24, 2.45) is 5.92 Å². The molecule has 0 spiro atoms. The Morgan fingerprint density at radius 1 is 1.25 bits per heavy atom. The summed E-state index contributed by atoms with van der Waals surface area (Å²) in [5.41, 5.74) is 2.77. The number of rotatable bonds is 7. The summed E-state index contributed by atoms with van der Waals surface area (Å²) in [7, 11) is 0. The van der Waals surface area contributed by atoms with Crippen molar-refractivity contribution in [3.63, 3.8) is 0 Å². The predicted octanol–water partition coefficient (Wildman–Crippen LogP) is 4.50. The topological polar surface area (TPSA) is 115 Å². The zero-order chi connectivity index (χ0) is 25.7. The van der Waals surface area contributed by atoms with Crippen molar-refractivity contribution in [3.8, 4) is 17.1 Å². The molecule has 36 heavy (non-hydrogen) atoms. The molecule has 0 bridgehead atoms. The first-order valence-corrected chi connectivity index (χ1v) is 11.4. The number of tetrazole rings is 1. The molecule has 1 aliphatic carbocycles. The fourth-order valence-corrected chi connectivity index (χ4v) is 4.07. The van der Waals surface area contributed by atoms with E-state index in [1.54, 1.807) is 29.9 Å². The van der Waals surface area contributed by atoms with Gasteiger partial charge in [0, 0.05) is 17.8 Å². The van der Waals surface area contributed by atoms with Crippen molar-refractivity contribution in [1.29, 1.82) is 0 Å². The van der Waals surface area contributed by atoms with E-state index >= 15 is 0 Å². The molecule has 2 heterocycles. The maximum Gasteiger partial charge on any atom is 0.573 e. The summed E-state index contributed by atoms with van der Waals surface area (Å²) in [6.45, 7) is 2.33. The SMILES string of the molecule is Cc1cc(-c2nnn(CC3CCC(=CO)CC3)n2)cc(C(=O)NCc2cccc(OC(F)(F)F)c2)n1. The predicted molar refractivity (Wildman–Crippen MR) is 123 cm³/mol. The number of aliphatic hydroxyl groups excluding tert-OH is 1. The van der Waals surface area contributed by atoms with Crippen LogP contribution in [0.25, 0.3) is 11.4 Å². The molecule has 1 amide bonds. The molecule has 2 N–H and O–H groups in total. The summed E-state index contributed by atoms with van der Waals surface area (Å²) < 4.78 is 41.2. The van der Waals surface area contributed by atoms with Gasteiger partial charge in [-0.05, 0) is 79.1 Å². The third kappa shape index (κ3) is 6.80. The van der Waals surface area contributed by atoms with Crippen LogP contribution < -0.4 is 10.1 Å². The Morgan fingerprint density at radius 2 is 2.03 bits per heavy atom. The van der Waals surface area contributed by atoms with Crippen LogP contribution in [-0.4, -0.2) is 42.6 Å². The average Bonchev–Trinajstić information content (AvgIpc) is 3.30. The van der Waals surface area contributed by atoms with Crippen LogP contribution in [0, 0.1) is 12.8 Å². The number of carbonyl (C=O) groups excluding carboxylic acids is 1. The summed E-state index contributed by atoms with van der Waals surface area (Å²) in [4.78, 5) is 18.5. The van der Waals surface area contributed by atoms with Gasteiger partial charge in [-0.15, -0.1) is 23.4 Å². The second kappa shape index (κ2) is 10.8. The van der Waals surface area contributed by atoms with Gasteiger partial charge in [0.05, 0.1) is 12.8 Å². The minimum absolute atomic E-state index is 0.0121. The minimum Gasteiger partial charge on any atom is -0.516 e. The molecule has 3 aromatic rings. The van der Waals surface area contributed by atoms with Gasteiger partial charge in [0.1, 0.15) is 11.4 Å². The van der Waals surface area contributed by atoms with Gasteiger partial charge < -0.3 is 15.2 Å². The summed E-state index contributed by atoms with van der Waals surface area (Å²) in [5, 5.41) is 24.5. The van der Waals surface area contributed by atoms with E-state index in [4.69, 9.17) is 5.11 Å². The molecule has 4 rings (SSSR count). The first kappa shape index (κ1) is 25.1. The Hall–Kier alpha value is -3.96. The molecule has 0 atom stereocenters. The molecular formula is C24H25F3N6O3. The zero-order valence-corrected chi connectivity index (χ0v) is 19.5. The molecule has 1 fully saturated rings. The van der Waals surface area contributed by atoms with Gasteiger partial charge in [0.15, 0.2) is 0 Å². The molecule has 1 aromatic carbocycles. The standard InChI is InChI=1S/C24H25F3N6O3/c1-15-9-19(22-30-32-33(31-22)13-16-5-7-17(14-34)8-6-16)11-21(29-15)23(35)28-12-18-3-2-4-20(10-18)36-24(25,26)27/h2-4,9-11,14,16,34H,5-8,12-13H2,1H3,(H,28,35). The van der Waals surface area contributed by atoms with Gasteiger partial charge in [0.2, 0.25) is 5.82 Å². The number of pyridine rings is 1. The average molecular weight is 502 g/mol. The second-order valence-corrected chi connectivity index (χ2v) is 8.66. The number of alkyl halides is 3. The molecule has 0 saturated heterocycles. The Bertz CT molecular complexity index is 1250. The number of aliphatic hydroxyl groups is 1. The van der Waals surface area contributed by atoms with Crippen molar-refractivity contribution < 1.29 is 27.8 Å². The lowest BCUT2D eigenvalue weighted by Gasteiger charge is -2.22. The van der Waals surface area contributed by atoms with Crippen LogP contribution in [-0.2, 0) is 13.1 Å². The number of ether oxygens (including phenoxy) is 1. The lowest BCUT2D eigenvalue weighted by molar-refractivity contribution is -0.274. The Morgan fingerprint density at radius 3 is 2.75 bits per heavy atom. The van der Waals surface area contributed by atoms with Gasteiger partial charge in [-0.25, -0.2) is 4.98 Å². The van der Waals surface area contributed by atoms with Gasteiger partial charge in [0.25, 0.3) is 5.91 Å². The zero-order valence-electron chi connectivity index (χ0n) is 19.5. The van der Waals surface area contributed by atoms with Crippen LogP contribution in [0.15, 0.2) is 48.2 Å². The fraction of sp³-hybridized carbons (Fsp3) is 0.375. The van der Waals surface area contributed by atoms with E-state index in [0.717, 1.165) is 31.3 Å². The van der Waals surface area contributed by atoms with Crippen LogP contribution >= 0.6 is 0 Å². The van der Waals surface area contributed by atoms with Gasteiger partial charge in [-0.1, -0.05) is 12.1 Å². The number of aromatic nitrogens is 5. The van der Waals surface area contributed by atoms with Crippen molar-refractivity contribution in [2.75, 3.05) is 0 Å². The van der Waals surface area contributed by atoms with Crippen LogP contribution in [0.1, 0.15) is 47.4 Å². The number of amides is 1. The normalized spacial score (nSPS) is 16.0. The molecule has 0 radical (unpaired) electrons. The molecule has 190 valence electrons. The second-order valence-electron chi connectivity index (χ2n) is 8.66. The van der Waals surface area contributed by atoms with Crippen molar-refractivity contribution in [3.05, 3.63) is 65.2 Å². The number of hydrogen-bond acceptors (Lipinski definition) is 7. The number of hydrogen-bond donors (Lipinski definition) is 2. The molecule has 1 saturated carbocycles. The summed E-state index contributed by atoms with van der Waals surface area (Å²) in [6, 6.07) is 8.67. The highest BCUT2D eigenvalue weighted by Gasteiger charge is 2.31. The fourth-order valence-electron chi connectivity index (χ4n) is 4.07. The van der Waals surface area contributed by atoms with Crippen LogP contribution in [0.2, 0.25) is 0 Å². The molecule has 9 nitrogen and oxygen atoms in total. The highest BCUT2D eigenvalue weighted by Crippen LogP contribution is 2.29. The third-order valence-corrected chi connectivity index (χ3v) is 5.83. The number of carbonyl (C=O) groups is 1. The van der Waals surface area contributed by atoms with Crippen LogP contribution in [0.4, 0.5) is 13.2 Å². The maximum absolute atomic E-state index is 12.7. The van der Waals surface area contributed by atoms with E-state index in [1.807, 2.05) is 0 Å². The van der Waals surface area contributed by atoms with E-state index in [-0.39, 0.29) is 18.0 Å². The van der Waals surface area contributed by atoms with Gasteiger partial charge in [-0.2, -0.15) is 4.80 Å². The maximum atomic E-state index is 12.7. The van der Waals surface area contributed by atoms with Crippen LogP contribution in [0.3, 0.4) is 0 Å². The lowest BCUT2D eigenvalue weighted by Crippen LogP contribution is -2.24. The Kier molecular flexibility index (Phi) is 7.51. The first-order valence-electron chi connectivity index (χ1n) is 11.4. The number of allylic oxidation sites excluding steroid dienone is 1. The molecular weight excluding hydrogens is 477 g/mol. The molecule has 1 aliphatic rings. The minimum atomic E-state index is -4.79. The quantitative estimate of drug-likeness (QED) is 0.457. The number of benzene rings is 1. The van der Waals surface area contributed by atoms with E-state index < -0.39 is 12.3 Å². The van der Waals surface area contributed by atoms with Gasteiger partial charge >= 0.3 is 6.36 Å². The summed E-state index contributed by atoms with van der Waals surface area (Å²) in [5.74, 6) is -0.114. The summed E-state index contributed by atoms with van der Waals surface area (Å²) >= 11 is 0. The number of aryl methyl sites for hydroxylation is 1. The Balaban J connectivity index is 1.40. The lowest BCUT2D eigenvalue weighted by atomic mass is 9.86. The number of nitrogens with zero attached hydrogens (tertiary/aromatic N) is 5. The molecule has 12 heteroatoms. The highest BCUT2D eigenvalue weighted by molar-refractivity contribution is 5.93. The number of halogens is 3. The smallest absolute Gasteiger partial charge is 0.516 e. The van der Waals surface area contributed by atoms with E-state index in [1.165, 1.54) is 24.5 Å². The molecule has 0 aliphatic heterocycles. The first-order chi connectivity index (χ1) is 17.2. The largest absolute Gasteiger partial charge is 0.573 e. The van der Waals surface area contributed by atoms with Crippen molar-refractivity contribution in [1.82, 2.24) is 30.5 Å². The van der Waals surface area contributed by atoms with Crippen molar-refractivity contribution in [2.45, 2.75) is 52.1 Å². The van der Waals surface area contributed by atoms with E-state index in [0.29, 0.717) is 35.1 Å². The third-order valence-electron chi connectivity index (χ3n) is 5.83. The molecule has 2 aromatic heterocycles. The van der Waals surface area contributed by atoms with E-state index in [2.05, 4.69) is 30.4 Å². The Labute approximate surface area is 205 Å². The monoisotopic (exact) mass is 502 g/mol. The molecule has 0 unspecified atom stereocenters. The van der Waals surface area contributed by atoms with Crippen LogP contribution in [0.5, 0.6) is 5.75 Å². The van der Waals surface area contributed by atoms with Gasteiger partial charge in [-0.3, -0.25) is 4.79 Å². The number of nitrogens with one attached hydrogen (secondary N) is 1. The highest BCUT2D eigenvalue weighted by atomic mass is 19.4.